The highest BCUT2D eigenvalue weighted by Gasteiger charge is 2.11. The third-order valence-electron chi connectivity index (χ3n) is 1.36. The average Bonchev–Trinajstić information content (AvgIpc) is 2.36. The molecule has 0 atom stereocenters. The van der Waals surface area contributed by atoms with E-state index in [1.807, 2.05) is 0 Å². The number of ether oxygens (including phenoxy) is 2. The highest BCUT2D eigenvalue weighted by atomic mass is 16.7. The van der Waals surface area contributed by atoms with Crippen LogP contribution in [0.4, 0.5) is 0 Å². The largest absolute Gasteiger partial charge is 0.870 e. The summed E-state index contributed by atoms with van der Waals surface area (Å²) in [5.74, 6) is 0.769. The van der Waals surface area contributed by atoms with Crippen molar-refractivity contribution in [1.29, 1.82) is 0 Å². The van der Waals surface area contributed by atoms with Crippen molar-refractivity contribution in [2.24, 2.45) is 0 Å². The molecule has 1 aromatic rings. The Kier molecular flexibility index (Phi) is 0.974. The van der Waals surface area contributed by atoms with Crippen molar-refractivity contribution < 1.29 is 14.6 Å². The average molecular weight is 137 g/mol. The molecule has 0 unspecified atom stereocenters. The minimum absolute atomic E-state index is 0.116. The molecule has 3 heteroatoms. The van der Waals surface area contributed by atoms with Crippen LogP contribution in [0.2, 0.25) is 0 Å². The van der Waals surface area contributed by atoms with Crippen molar-refractivity contribution in [2.75, 3.05) is 6.79 Å². The lowest BCUT2D eigenvalue weighted by Gasteiger charge is -2.06. The minimum Gasteiger partial charge on any atom is -0.870 e. The van der Waals surface area contributed by atoms with Crippen molar-refractivity contribution in [3.05, 3.63) is 18.2 Å². The Hall–Kier alpha value is -1.38. The van der Waals surface area contributed by atoms with Crippen LogP contribution in [-0.4, -0.2) is 6.79 Å². The first kappa shape index (κ1) is 5.41. The molecule has 0 aromatic heterocycles. The molecule has 0 fully saturated rings. The molecule has 3 nitrogen and oxygen atoms in total. The van der Waals surface area contributed by atoms with Gasteiger partial charge in [-0.15, -0.1) is 0 Å². The van der Waals surface area contributed by atoms with Crippen LogP contribution >= 0.6 is 0 Å². The Bertz CT molecular complexity index is 257. The van der Waals surface area contributed by atoms with Crippen molar-refractivity contribution in [3.63, 3.8) is 0 Å². The van der Waals surface area contributed by atoms with Gasteiger partial charge in [0.05, 0.1) is 0 Å². The molecule has 0 radical (unpaired) electrons. The van der Waals surface area contributed by atoms with Gasteiger partial charge in [-0.25, -0.2) is 0 Å². The molecule has 0 saturated heterocycles. The number of para-hydroxylation sites is 1. The van der Waals surface area contributed by atoms with Gasteiger partial charge in [0, 0.05) is 0 Å². The van der Waals surface area contributed by atoms with E-state index in [0.29, 0.717) is 11.5 Å². The van der Waals surface area contributed by atoms with E-state index in [2.05, 4.69) is 0 Å². The molecule has 0 spiro atoms. The summed E-state index contributed by atoms with van der Waals surface area (Å²) in [6, 6.07) is 4.81. The maximum atomic E-state index is 10.9. The molecule has 1 aromatic carbocycles. The summed E-state index contributed by atoms with van der Waals surface area (Å²) < 4.78 is 9.85. The molecule has 0 saturated carbocycles. The van der Waals surface area contributed by atoms with Gasteiger partial charge in [0.15, 0.2) is 11.5 Å². The normalized spacial score (nSPS) is 13.6. The van der Waals surface area contributed by atoms with Crippen LogP contribution < -0.4 is 14.6 Å². The van der Waals surface area contributed by atoms with Gasteiger partial charge in [0.1, 0.15) is 0 Å². The predicted octanol–water partition coefficient (Wildman–Crippen LogP) is 0.489. The summed E-state index contributed by atoms with van der Waals surface area (Å²) in [5, 5.41) is 10.9. The molecular weight excluding hydrogens is 132 g/mol. The van der Waals surface area contributed by atoms with Crippen LogP contribution in [0.3, 0.4) is 0 Å². The molecule has 1 aliphatic heterocycles. The van der Waals surface area contributed by atoms with Gasteiger partial charge in [-0.05, 0) is 6.07 Å². The van der Waals surface area contributed by atoms with E-state index in [-0.39, 0.29) is 12.5 Å². The van der Waals surface area contributed by atoms with Gasteiger partial charge >= 0.3 is 0 Å². The SMILES string of the molecule is [O-]c1cccc2c1OCO2. The van der Waals surface area contributed by atoms with Gasteiger partial charge in [-0.2, -0.15) is 0 Å². The Balaban J connectivity index is 2.59. The quantitative estimate of drug-likeness (QED) is 0.522. The highest BCUT2D eigenvalue weighted by Crippen LogP contribution is 2.37. The van der Waals surface area contributed by atoms with Crippen molar-refractivity contribution in [3.8, 4) is 17.2 Å². The van der Waals surface area contributed by atoms with Crippen LogP contribution in [0.25, 0.3) is 0 Å². The van der Waals surface area contributed by atoms with Gasteiger partial charge in [-0.1, -0.05) is 17.9 Å². The van der Waals surface area contributed by atoms with Crippen LogP contribution in [-0.2, 0) is 0 Å². The minimum atomic E-state index is -0.116. The van der Waals surface area contributed by atoms with Crippen LogP contribution in [0, 0.1) is 0 Å². The zero-order valence-electron chi connectivity index (χ0n) is 5.16. The molecular formula is C7H5O3-. The fourth-order valence-electron chi connectivity index (χ4n) is 0.903. The Labute approximate surface area is 57.8 Å². The molecule has 0 amide bonds. The Morgan fingerprint density at radius 2 is 2.20 bits per heavy atom. The summed E-state index contributed by atoms with van der Waals surface area (Å²) in [6.45, 7) is 0.161. The molecule has 52 valence electrons. The smallest absolute Gasteiger partial charge is 0.231 e. The summed E-state index contributed by atoms with van der Waals surface area (Å²) in [5.41, 5.74) is 0. The number of hydrogen-bond donors (Lipinski definition) is 0. The van der Waals surface area contributed by atoms with E-state index >= 15 is 0 Å². The van der Waals surface area contributed by atoms with E-state index in [1.165, 1.54) is 6.07 Å². The van der Waals surface area contributed by atoms with Crippen LogP contribution in [0.1, 0.15) is 0 Å². The molecule has 0 bridgehead atoms. The first-order chi connectivity index (χ1) is 4.88. The number of benzene rings is 1. The summed E-state index contributed by atoms with van der Waals surface area (Å²) in [6.07, 6.45) is 0. The molecule has 10 heavy (non-hydrogen) atoms. The predicted molar refractivity (Wildman–Crippen MR) is 32.0 cm³/mol. The second kappa shape index (κ2) is 1.80. The zero-order chi connectivity index (χ0) is 6.97. The molecule has 2 rings (SSSR count). The standard InChI is InChI=1S/C7H6O3/c8-5-2-1-3-6-7(5)10-4-9-6/h1-3,8H,4H2/p-1. The third kappa shape index (κ3) is 0.603. The maximum absolute atomic E-state index is 10.9. The lowest BCUT2D eigenvalue weighted by Crippen LogP contribution is -1.95. The lowest BCUT2D eigenvalue weighted by molar-refractivity contribution is -0.269. The first-order valence-electron chi connectivity index (χ1n) is 2.93. The first-order valence-corrected chi connectivity index (χ1v) is 2.93. The van der Waals surface area contributed by atoms with Crippen molar-refractivity contribution in [2.45, 2.75) is 0 Å². The van der Waals surface area contributed by atoms with Gasteiger partial charge in [0.2, 0.25) is 6.79 Å². The third-order valence-corrected chi connectivity index (χ3v) is 1.36. The number of hydrogen-bond acceptors (Lipinski definition) is 3. The summed E-state index contributed by atoms with van der Waals surface area (Å²) >= 11 is 0. The monoisotopic (exact) mass is 137 g/mol. The van der Waals surface area contributed by atoms with E-state index in [4.69, 9.17) is 9.47 Å². The molecule has 0 N–H and O–H groups in total. The van der Waals surface area contributed by atoms with Gasteiger partial charge in [0.25, 0.3) is 0 Å². The van der Waals surface area contributed by atoms with Crippen molar-refractivity contribution >= 4 is 0 Å². The molecule has 0 aliphatic carbocycles. The van der Waals surface area contributed by atoms with E-state index < -0.39 is 0 Å². The van der Waals surface area contributed by atoms with E-state index in [1.54, 1.807) is 12.1 Å². The number of fused-ring (bicyclic) bond motifs is 1. The van der Waals surface area contributed by atoms with Gasteiger partial charge < -0.3 is 14.6 Å². The molecule has 1 aliphatic rings. The lowest BCUT2D eigenvalue weighted by atomic mass is 10.3. The fraction of sp³-hybridized carbons (Fsp3) is 0.143. The van der Waals surface area contributed by atoms with E-state index in [9.17, 15) is 5.11 Å². The highest BCUT2D eigenvalue weighted by molar-refractivity contribution is 5.50. The summed E-state index contributed by atoms with van der Waals surface area (Å²) in [4.78, 5) is 0. The second-order valence-corrected chi connectivity index (χ2v) is 1.99. The summed E-state index contributed by atoms with van der Waals surface area (Å²) in [7, 11) is 0. The fourth-order valence-corrected chi connectivity index (χ4v) is 0.903. The molecule has 1 heterocycles. The van der Waals surface area contributed by atoms with Crippen LogP contribution in [0.5, 0.6) is 17.2 Å². The topological polar surface area (TPSA) is 41.5 Å². The Morgan fingerprint density at radius 3 is 3.00 bits per heavy atom. The number of rotatable bonds is 0. The van der Waals surface area contributed by atoms with E-state index in [0.717, 1.165) is 0 Å². The van der Waals surface area contributed by atoms with Gasteiger partial charge in [-0.3, -0.25) is 0 Å². The Morgan fingerprint density at radius 1 is 1.30 bits per heavy atom. The zero-order valence-corrected chi connectivity index (χ0v) is 5.16. The van der Waals surface area contributed by atoms with Crippen molar-refractivity contribution in [1.82, 2.24) is 0 Å². The second-order valence-electron chi connectivity index (χ2n) is 1.99. The maximum Gasteiger partial charge on any atom is 0.231 e. The van der Waals surface area contributed by atoms with Crippen LogP contribution in [0.15, 0.2) is 18.2 Å².